The van der Waals surface area contributed by atoms with Crippen molar-refractivity contribution >= 4 is 12.1 Å². The maximum absolute atomic E-state index is 11.7. The number of carbonyl (C=O) groups excluding carboxylic acids is 2. The summed E-state index contributed by atoms with van der Waals surface area (Å²) in [5, 5.41) is 12.5. The molecule has 0 aromatic rings. The third-order valence-electron chi connectivity index (χ3n) is 2.42. The zero-order valence-corrected chi connectivity index (χ0v) is 12.5. The number of rotatable bonds is 5. The summed E-state index contributed by atoms with van der Waals surface area (Å²) < 4.78 is 9.62. The van der Waals surface area contributed by atoms with E-state index in [-0.39, 0.29) is 12.3 Å². The minimum Gasteiger partial charge on any atom is -0.469 e. The Bertz CT molecular complexity index is 309. The minimum absolute atomic E-state index is 0.0489. The van der Waals surface area contributed by atoms with Crippen molar-refractivity contribution in [1.82, 2.24) is 5.32 Å². The molecule has 112 valence electrons. The number of nitrogens with one attached hydrogen (secondary N) is 1. The first-order chi connectivity index (χ1) is 8.56. The average molecular weight is 275 g/mol. The fourth-order valence-corrected chi connectivity index (χ4v) is 1.53. The lowest BCUT2D eigenvalue weighted by Gasteiger charge is -2.28. The highest BCUT2D eigenvalue weighted by Crippen LogP contribution is 2.13. The van der Waals surface area contributed by atoms with Crippen molar-refractivity contribution in [2.45, 2.75) is 58.8 Å². The molecule has 0 rings (SSSR count). The monoisotopic (exact) mass is 275 g/mol. The van der Waals surface area contributed by atoms with Crippen molar-refractivity contribution in [1.29, 1.82) is 0 Å². The molecule has 0 aliphatic rings. The summed E-state index contributed by atoms with van der Waals surface area (Å²) in [5.74, 6) is -0.573. The van der Waals surface area contributed by atoms with E-state index in [1.165, 1.54) is 7.11 Å². The topological polar surface area (TPSA) is 84.9 Å². The maximum atomic E-state index is 11.7. The minimum atomic E-state index is -1.01. The van der Waals surface area contributed by atoms with Gasteiger partial charge in [0, 0.05) is 0 Å². The number of esters is 1. The molecule has 0 aliphatic carbocycles. The average Bonchev–Trinajstić information content (AvgIpc) is 2.22. The molecule has 0 unspecified atom stereocenters. The van der Waals surface area contributed by atoms with Gasteiger partial charge in [-0.2, -0.15) is 0 Å². The van der Waals surface area contributed by atoms with Crippen LogP contribution in [0.25, 0.3) is 0 Å². The molecule has 0 radical (unpaired) electrons. The lowest BCUT2D eigenvalue weighted by molar-refractivity contribution is -0.143. The third kappa shape index (κ3) is 7.66. The molecule has 0 bridgehead atoms. The van der Waals surface area contributed by atoms with E-state index >= 15 is 0 Å². The number of carbonyl (C=O) groups is 2. The summed E-state index contributed by atoms with van der Waals surface area (Å²) in [5.41, 5.74) is -0.612. The molecule has 0 aliphatic heterocycles. The maximum Gasteiger partial charge on any atom is 0.407 e. The second kappa shape index (κ2) is 7.33. The molecule has 19 heavy (non-hydrogen) atoms. The molecule has 6 nitrogen and oxygen atoms in total. The first-order valence-corrected chi connectivity index (χ1v) is 6.31. The van der Waals surface area contributed by atoms with Gasteiger partial charge < -0.3 is 19.9 Å². The molecule has 0 spiro atoms. The number of aliphatic hydroxyl groups excluding tert-OH is 1. The van der Waals surface area contributed by atoms with Gasteiger partial charge in [-0.1, -0.05) is 13.8 Å². The number of ether oxygens (including phenoxy) is 2. The van der Waals surface area contributed by atoms with E-state index in [9.17, 15) is 14.7 Å². The van der Waals surface area contributed by atoms with Crippen LogP contribution >= 0.6 is 0 Å². The summed E-state index contributed by atoms with van der Waals surface area (Å²) in [6.07, 6.45) is -1.80. The van der Waals surface area contributed by atoms with Gasteiger partial charge in [-0.3, -0.25) is 4.79 Å². The van der Waals surface area contributed by atoms with E-state index < -0.39 is 29.8 Å². The quantitative estimate of drug-likeness (QED) is 0.742. The van der Waals surface area contributed by atoms with Crippen LogP contribution in [0.4, 0.5) is 4.79 Å². The normalized spacial score (nSPS) is 14.7. The molecule has 0 fully saturated rings. The van der Waals surface area contributed by atoms with Gasteiger partial charge in [-0.25, -0.2) is 4.79 Å². The standard InChI is InChI=1S/C13H25NO5/c1-8(2)11(9(15)7-10(16)18-6)14-12(17)19-13(3,4)5/h8-9,11,15H,7H2,1-6H3,(H,14,17)/t9-,11+/m0/s1. The summed E-state index contributed by atoms with van der Waals surface area (Å²) in [4.78, 5) is 22.8. The van der Waals surface area contributed by atoms with E-state index in [0.717, 1.165) is 0 Å². The third-order valence-corrected chi connectivity index (χ3v) is 2.42. The molecule has 0 saturated heterocycles. The van der Waals surface area contributed by atoms with Crippen LogP contribution in [0.1, 0.15) is 41.0 Å². The van der Waals surface area contributed by atoms with Crippen molar-refractivity contribution in [3.8, 4) is 0 Å². The van der Waals surface area contributed by atoms with Gasteiger partial charge in [0.1, 0.15) is 5.60 Å². The molecule has 2 N–H and O–H groups in total. The zero-order chi connectivity index (χ0) is 15.2. The number of methoxy groups -OCH3 is 1. The fraction of sp³-hybridized carbons (Fsp3) is 0.846. The van der Waals surface area contributed by atoms with Crippen LogP contribution in [0.2, 0.25) is 0 Å². The van der Waals surface area contributed by atoms with E-state index in [4.69, 9.17) is 4.74 Å². The molecule has 0 saturated carbocycles. The van der Waals surface area contributed by atoms with E-state index in [2.05, 4.69) is 10.1 Å². The van der Waals surface area contributed by atoms with Gasteiger partial charge in [0.2, 0.25) is 0 Å². The Morgan fingerprint density at radius 3 is 2.16 bits per heavy atom. The highest BCUT2D eigenvalue weighted by Gasteiger charge is 2.28. The van der Waals surface area contributed by atoms with Gasteiger partial charge >= 0.3 is 12.1 Å². The van der Waals surface area contributed by atoms with Gasteiger partial charge in [0.05, 0.1) is 25.7 Å². The second-order valence-corrected chi connectivity index (χ2v) is 5.76. The van der Waals surface area contributed by atoms with Crippen LogP contribution in [0, 0.1) is 5.92 Å². The molecule has 6 heteroatoms. The van der Waals surface area contributed by atoms with Gasteiger partial charge in [0.25, 0.3) is 0 Å². The fourth-order valence-electron chi connectivity index (χ4n) is 1.53. The van der Waals surface area contributed by atoms with Crippen LogP contribution in [-0.2, 0) is 14.3 Å². The molecule has 0 aromatic heterocycles. The van der Waals surface area contributed by atoms with Crippen LogP contribution in [0.15, 0.2) is 0 Å². The first-order valence-electron chi connectivity index (χ1n) is 6.31. The van der Waals surface area contributed by atoms with E-state index in [0.29, 0.717) is 0 Å². The van der Waals surface area contributed by atoms with Gasteiger partial charge in [0.15, 0.2) is 0 Å². The highest BCUT2D eigenvalue weighted by atomic mass is 16.6. The number of aliphatic hydroxyl groups is 1. The van der Waals surface area contributed by atoms with Gasteiger partial charge in [-0.05, 0) is 26.7 Å². The van der Waals surface area contributed by atoms with Crippen molar-refractivity contribution in [3.63, 3.8) is 0 Å². The highest BCUT2D eigenvalue weighted by molar-refractivity contribution is 5.71. The van der Waals surface area contributed by atoms with Gasteiger partial charge in [-0.15, -0.1) is 0 Å². The number of hydrogen-bond acceptors (Lipinski definition) is 5. The van der Waals surface area contributed by atoms with Crippen LogP contribution in [-0.4, -0.2) is 42.0 Å². The summed E-state index contributed by atoms with van der Waals surface area (Å²) in [7, 11) is 1.25. The summed E-state index contributed by atoms with van der Waals surface area (Å²) in [6.45, 7) is 8.93. The molecule has 0 aromatic carbocycles. The molecule has 1 amide bonds. The Morgan fingerprint density at radius 2 is 1.79 bits per heavy atom. The Balaban J connectivity index is 4.57. The van der Waals surface area contributed by atoms with Crippen molar-refractivity contribution in [3.05, 3.63) is 0 Å². The molecule has 0 heterocycles. The summed E-state index contributed by atoms with van der Waals surface area (Å²) in [6, 6.07) is -0.575. The van der Waals surface area contributed by atoms with E-state index in [1.54, 1.807) is 20.8 Å². The Labute approximate surface area is 114 Å². The number of amides is 1. The molecule has 2 atom stereocenters. The summed E-state index contributed by atoms with van der Waals surface area (Å²) >= 11 is 0. The SMILES string of the molecule is COC(=O)C[C@H](O)[C@H](NC(=O)OC(C)(C)C)C(C)C. The van der Waals surface area contributed by atoms with Crippen molar-refractivity contribution in [2.24, 2.45) is 5.92 Å². The number of alkyl carbamates (subject to hydrolysis) is 1. The number of hydrogen-bond donors (Lipinski definition) is 2. The first kappa shape index (κ1) is 17.7. The zero-order valence-electron chi connectivity index (χ0n) is 12.5. The Hall–Kier alpha value is -1.30. The molecular formula is C13H25NO5. The Kier molecular flexibility index (Phi) is 6.83. The van der Waals surface area contributed by atoms with Crippen LogP contribution < -0.4 is 5.32 Å². The smallest absolute Gasteiger partial charge is 0.407 e. The molecular weight excluding hydrogens is 250 g/mol. The Morgan fingerprint density at radius 1 is 1.26 bits per heavy atom. The predicted octanol–water partition coefficient (Wildman–Crippen LogP) is 1.46. The largest absolute Gasteiger partial charge is 0.469 e. The van der Waals surface area contributed by atoms with E-state index in [1.807, 2.05) is 13.8 Å². The van der Waals surface area contributed by atoms with Crippen LogP contribution in [0.5, 0.6) is 0 Å². The lowest BCUT2D eigenvalue weighted by Crippen LogP contribution is -2.49. The second-order valence-electron chi connectivity index (χ2n) is 5.76. The lowest BCUT2D eigenvalue weighted by atomic mass is 9.96. The predicted molar refractivity (Wildman–Crippen MR) is 70.6 cm³/mol. The van der Waals surface area contributed by atoms with Crippen LogP contribution in [0.3, 0.4) is 0 Å². The van der Waals surface area contributed by atoms with Crippen molar-refractivity contribution in [2.75, 3.05) is 7.11 Å². The van der Waals surface area contributed by atoms with Crippen molar-refractivity contribution < 1.29 is 24.2 Å².